The molecule has 100 valence electrons. The van der Waals surface area contributed by atoms with Crippen molar-refractivity contribution in [3.8, 4) is 0 Å². The summed E-state index contributed by atoms with van der Waals surface area (Å²) in [6.45, 7) is 0. The first-order valence-electron chi connectivity index (χ1n) is 5.37. The van der Waals surface area contributed by atoms with Crippen molar-refractivity contribution in [1.29, 1.82) is 0 Å². The summed E-state index contributed by atoms with van der Waals surface area (Å²) >= 11 is 4.79. The summed E-state index contributed by atoms with van der Waals surface area (Å²) in [5, 5.41) is 2.70. The minimum atomic E-state index is -0.534. The van der Waals surface area contributed by atoms with Crippen molar-refractivity contribution in [3.63, 3.8) is 0 Å². The third-order valence-electron chi connectivity index (χ3n) is 2.38. The number of hydrogen-bond acceptors (Lipinski definition) is 4. The molecule has 1 rings (SSSR count). The van der Waals surface area contributed by atoms with Crippen molar-refractivity contribution in [1.82, 2.24) is 4.57 Å². The maximum absolute atomic E-state index is 11.8. The zero-order valence-corrected chi connectivity index (χ0v) is 12.7. The van der Waals surface area contributed by atoms with Gasteiger partial charge in [0.05, 0.1) is 16.2 Å². The standard InChI is InChI=1S/C11H16BrN3O2S/c1-15-6-7(5-8(12)11(15)17)14-10(16)9(13)3-4-18-2/h5-6,9H,3-4,13H2,1-2H3,(H,14,16)/t9-/m0/s1. The van der Waals surface area contributed by atoms with Gasteiger partial charge in [0.1, 0.15) is 0 Å². The van der Waals surface area contributed by atoms with Crippen molar-refractivity contribution >= 4 is 39.3 Å². The summed E-state index contributed by atoms with van der Waals surface area (Å²) in [4.78, 5) is 23.2. The summed E-state index contributed by atoms with van der Waals surface area (Å²) in [5.41, 5.74) is 6.15. The molecule has 18 heavy (non-hydrogen) atoms. The van der Waals surface area contributed by atoms with E-state index >= 15 is 0 Å². The smallest absolute Gasteiger partial charge is 0.264 e. The lowest BCUT2D eigenvalue weighted by atomic mass is 10.2. The Morgan fingerprint density at radius 1 is 1.67 bits per heavy atom. The number of carbonyl (C=O) groups is 1. The molecule has 0 aliphatic rings. The van der Waals surface area contributed by atoms with Gasteiger partial charge < -0.3 is 15.6 Å². The fourth-order valence-corrected chi connectivity index (χ4v) is 2.37. The fraction of sp³-hybridized carbons (Fsp3) is 0.455. The Morgan fingerprint density at radius 2 is 2.33 bits per heavy atom. The van der Waals surface area contributed by atoms with Crippen LogP contribution in [-0.4, -0.2) is 28.5 Å². The molecule has 1 aromatic rings. The predicted octanol–water partition coefficient (Wildman–Crippen LogP) is 1.17. The minimum absolute atomic E-state index is 0.153. The number of amides is 1. The molecule has 1 atom stereocenters. The van der Waals surface area contributed by atoms with Crippen LogP contribution < -0.4 is 16.6 Å². The molecular weight excluding hydrogens is 318 g/mol. The second-order valence-corrected chi connectivity index (χ2v) is 5.71. The zero-order chi connectivity index (χ0) is 13.7. The Morgan fingerprint density at radius 3 is 2.89 bits per heavy atom. The summed E-state index contributed by atoms with van der Waals surface area (Å²) in [7, 11) is 1.62. The van der Waals surface area contributed by atoms with E-state index in [2.05, 4.69) is 21.2 Å². The van der Waals surface area contributed by atoms with Crippen LogP contribution in [0, 0.1) is 0 Å². The largest absolute Gasteiger partial charge is 0.323 e. The molecule has 0 aliphatic carbocycles. The first kappa shape index (κ1) is 15.3. The van der Waals surface area contributed by atoms with Gasteiger partial charge in [0.2, 0.25) is 5.91 Å². The highest BCUT2D eigenvalue weighted by Gasteiger charge is 2.13. The van der Waals surface area contributed by atoms with Crippen LogP contribution in [0.4, 0.5) is 5.69 Å². The van der Waals surface area contributed by atoms with Crippen LogP contribution >= 0.6 is 27.7 Å². The molecule has 1 heterocycles. The van der Waals surface area contributed by atoms with E-state index in [1.807, 2.05) is 6.26 Å². The van der Waals surface area contributed by atoms with Gasteiger partial charge in [-0.1, -0.05) is 0 Å². The third kappa shape index (κ3) is 4.15. The van der Waals surface area contributed by atoms with Crippen molar-refractivity contribution in [3.05, 3.63) is 27.1 Å². The lowest BCUT2D eigenvalue weighted by Crippen LogP contribution is -2.36. The molecule has 0 unspecified atom stereocenters. The molecule has 0 saturated carbocycles. The maximum Gasteiger partial charge on any atom is 0.264 e. The van der Waals surface area contributed by atoms with E-state index < -0.39 is 6.04 Å². The van der Waals surface area contributed by atoms with Crippen LogP contribution in [-0.2, 0) is 11.8 Å². The van der Waals surface area contributed by atoms with Gasteiger partial charge in [0.25, 0.3) is 5.56 Å². The molecule has 1 amide bonds. The van der Waals surface area contributed by atoms with Gasteiger partial charge in [-0.25, -0.2) is 0 Å². The lowest BCUT2D eigenvalue weighted by Gasteiger charge is -2.12. The van der Waals surface area contributed by atoms with Crippen molar-refractivity contribution in [2.24, 2.45) is 12.8 Å². The van der Waals surface area contributed by atoms with Crippen LogP contribution in [0.1, 0.15) is 6.42 Å². The van der Waals surface area contributed by atoms with Gasteiger partial charge in [-0.2, -0.15) is 11.8 Å². The van der Waals surface area contributed by atoms with E-state index in [9.17, 15) is 9.59 Å². The summed E-state index contributed by atoms with van der Waals surface area (Å²) in [6, 6.07) is 1.04. The van der Waals surface area contributed by atoms with E-state index in [0.717, 1.165) is 5.75 Å². The van der Waals surface area contributed by atoms with Gasteiger partial charge in [-0.3, -0.25) is 9.59 Å². The van der Waals surface area contributed by atoms with Crippen LogP contribution in [0.25, 0.3) is 0 Å². The topological polar surface area (TPSA) is 77.1 Å². The van der Waals surface area contributed by atoms with E-state index in [-0.39, 0.29) is 11.5 Å². The molecule has 3 N–H and O–H groups in total. The zero-order valence-electron chi connectivity index (χ0n) is 10.3. The SMILES string of the molecule is CSCC[C@H](N)C(=O)Nc1cc(Br)c(=O)n(C)c1. The third-order valence-corrected chi connectivity index (χ3v) is 3.59. The number of aromatic nitrogens is 1. The van der Waals surface area contributed by atoms with E-state index in [1.165, 1.54) is 4.57 Å². The number of carbonyl (C=O) groups excluding carboxylic acids is 1. The second kappa shape index (κ2) is 6.96. The molecular formula is C11H16BrN3O2S. The van der Waals surface area contributed by atoms with Crippen molar-refractivity contribution < 1.29 is 4.79 Å². The number of halogens is 1. The molecule has 0 bridgehead atoms. The summed E-state index contributed by atoms with van der Waals surface area (Å²) < 4.78 is 1.80. The normalized spacial score (nSPS) is 12.2. The number of rotatable bonds is 5. The van der Waals surface area contributed by atoms with Crippen LogP contribution in [0.15, 0.2) is 21.5 Å². The molecule has 0 aromatic carbocycles. The Balaban J connectivity index is 2.73. The molecule has 1 aromatic heterocycles. The number of nitrogens with zero attached hydrogens (tertiary/aromatic N) is 1. The molecule has 0 fully saturated rings. The van der Waals surface area contributed by atoms with Crippen LogP contribution in [0.2, 0.25) is 0 Å². The summed E-state index contributed by atoms with van der Waals surface area (Å²) in [6.07, 6.45) is 4.15. The number of nitrogens with one attached hydrogen (secondary N) is 1. The predicted molar refractivity (Wildman–Crippen MR) is 79.0 cm³/mol. The number of anilines is 1. The van der Waals surface area contributed by atoms with Gasteiger partial charge in [-0.05, 0) is 40.4 Å². The highest BCUT2D eigenvalue weighted by Crippen LogP contribution is 2.12. The van der Waals surface area contributed by atoms with Gasteiger partial charge in [0.15, 0.2) is 0 Å². The Labute approximate surface area is 118 Å². The Bertz CT molecular complexity index is 463. The fourth-order valence-electron chi connectivity index (χ4n) is 1.35. The molecule has 0 aliphatic heterocycles. The molecule has 0 radical (unpaired) electrons. The highest BCUT2D eigenvalue weighted by atomic mass is 79.9. The minimum Gasteiger partial charge on any atom is -0.323 e. The lowest BCUT2D eigenvalue weighted by molar-refractivity contribution is -0.117. The van der Waals surface area contributed by atoms with Crippen molar-refractivity contribution in [2.45, 2.75) is 12.5 Å². The quantitative estimate of drug-likeness (QED) is 0.847. The van der Waals surface area contributed by atoms with E-state index in [4.69, 9.17) is 5.73 Å². The number of nitrogens with two attached hydrogens (primary N) is 1. The second-order valence-electron chi connectivity index (χ2n) is 3.87. The van der Waals surface area contributed by atoms with E-state index in [1.54, 1.807) is 31.1 Å². The first-order valence-corrected chi connectivity index (χ1v) is 7.56. The monoisotopic (exact) mass is 333 g/mol. The van der Waals surface area contributed by atoms with Gasteiger partial charge in [0, 0.05) is 13.2 Å². The van der Waals surface area contributed by atoms with Crippen LogP contribution in [0.3, 0.4) is 0 Å². The number of aryl methyl sites for hydroxylation is 1. The summed E-state index contributed by atoms with van der Waals surface area (Å²) in [5.74, 6) is 0.598. The average molecular weight is 334 g/mol. The van der Waals surface area contributed by atoms with Gasteiger partial charge >= 0.3 is 0 Å². The van der Waals surface area contributed by atoms with Crippen molar-refractivity contribution in [2.75, 3.05) is 17.3 Å². The first-order chi connectivity index (χ1) is 8.45. The molecule has 0 saturated heterocycles. The maximum atomic E-state index is 11.8. The van der Waals surface area contributed by atoms with Crippen LogP contribution in [0.5, 0.6) is 0 Å². The van der Waals surface area contributed by atoms with E-state index in [0.29, 0.717) is 16.6 Å². The molecule has 5 nitrogen and oxygen atoms in total. The number of hydrogen-bond donors (Lipinski definition) is 2. The Kier molecular flexibility index (Phi) is 5.90. The molecule has 7 heteroatoms. The van der Waals surface area contributed by atoms with Gasteiger partial charge in [-0.15, -0.1) is 0 Å². The molecule has 0 spiro atoms. The number of pyridine rings is 1. The average Bonchev–Trinajstić information content (AvgIpc) is 2.32. The Hall–Kier alpha value is -0.790. The highest BCUT2D eigenvalue weighted by molar-refractivity contribution is 9.10. The number of thioether (sulfide) groups is 1.